The second-order valence-corrected chi connectivity index (χ2v) is 14.1. The standard InChI is InChI=1S/C36H51N3O6/c1-10-24(3)29(38-34(43)45-36(7,8)9)32(41)39(27-20-21-27)30(26-18-16-23(2)17-19-26)31(40)37-28(33(42)44-35(4,5)6)22-25-14-12-11-13-15-25/h11-19,24,27-30H,10,20-22H2,1-9H3,(H,37,40)(H,38,43). The fourth-order valence-corrected chi connectivity index (χ4v) is 5.00. The number of amides is 3. The van der Waals surface area contributed by atoms with E-state index in [0.29, 0.717) is 12.0 Å². The number of carbonyl (C=O) groups excluding carboxylic acids is 4. The van der Waals surface area contributed by atoms with Crippen LogP contribution in [0.15, 0.2) is 54.6 Å². The molecule has 246 valence electrons. The molecule has 0 aromatic heterocycles. The van der Waals surface area contributed by atoms with Crippen molar-refractivity contribution in [2.24, 2.45) is 5.92 Å². The first-order chi connectivity index (χ1) is 21.0. The summed E-state index contributed by atoms with van der Waals surface area (Å²) in [5.41, 5.74) is 0.959. The molecule has 0 radical (unpaired) electrons. The van der Waals surface area contributed by atoms with Crippen molar-refractivity contribution in [1.29, 1.82) is 0 Å². The van der Waals surface area contributed by atoms with Gasteiger partial charge >= 0.3 is 12.1 Å². The Morgan fingerprint density at radius 3 is 1.96 bits per heavy atom. The molecule has 2 aromatic carbocycles. The van der Waals surface area contributed by atoms with Gasteiger partial charge in [-0.05, 0) is 78.4 Å². The normalized spacial score (nSPS) is 16.0. The highest BCUT2D eigenvalue weighted by atomic mass is 16.6. The van der Waals surface area contributed by atoms with E-state index in [4.69, 9.17) is 9.47 Å². The van der Waals surface area contributed by atoms with E-state index in [2.05, 4.69) is 10.6 Å². The van der Waals surface area contributed by atoms with Crippen molar-refractivity contribution < 1.29 is 28.7 Å². The van der Waals surface area contributed by atoms with Gasteiger partial charge in [0.05, 0.1) is 0 Å². The van der Waals surface area contributed by atoms with Crippen LogP contribution in [0.4, 0.5) is 4.79 Å². The second-order valence-electron chi connectivity index (χ2n) is 14.1. The minimum Gasteiger partial charge on any atom is -0.458 e. The van der Waals surface area contributed by atoms with Gasteiger partial charge < -0.3 is 25.0 Å². The summed E-state index contributed by atoms with van der Waals surface area (Å²) in [5.74, 6) is -1.65. The monoisotopic (exact) mass is 621 g/mol. The van der Waals surface area contributed by atoms with Gasteiger partial charge in [-0.2, -0.15) is 0 Å². The first-order valence-corrected chi connectivity index (χ1v) is 15.9. The van der Waals surface area contributed by atoms with E-state index in [-0.39, 0.29) is 24.3 Å². The van der Waals surface area contributed by atoms with Crippen molar-refractivity contribution in [3.63, 3.8) is 0 Å². The summed E-state index contributed by atoms with van der Waals surface area (Å²) in [4.78, 5) is 56.9. The third kappa shape index (κ3) is 10.9. The average molecular weight is 622 g/mol. The fraction of sp³-hybridized carbons (Fsp3) is 0.556. The fourth-order valence-electron chi connectivity index (χ4n) is 5.00. The highest BCUT2D eigenvalue weighted by Crippen LogP contribution is 2.36. The highest BCUT2D eigenvalue weighted by molar-refractivity contribution is 5.94. The summed E-state index contributed by atoms with van der Waals surface area (Å²) in [6, 6.07) is 13.7. The molecule has 0 spiro atoms. The molecular formula is C36H51N3O6. The molecule has 45 heavy (non-hydrogen) atoms. The van der Waals surface area contributed by atoms with Crippen LogP contribution in [0, 0.1) is 12.8 Å². The van der Waals surface area contributed by atoms with Crippen LogP contribution in [-0.4, -0.2) is 58.1 Å². The number of nitrogens with zero attached hydrogens (tertiary/aromatic N) is 1. The van der Waals surface area contributed by atoms with Crippen LogP contribution in [-0.2, 0) is 30.3 Å². The Hall–Kier alpha value is -3.88. The molecule has 0 aliphatic heterocycles. The maximum Gasteiger partial charge on any atom is 0.408 e. The lowest BCUT2D eigenvalue weighted by molar-refractivity contribution is -0.159. The summed E-state index contributed by atoms with van der Waals surface area (Å²) in [7, 11) is 0. The van der Waals surface area contributed by atoms with E-state index >= 15 is 0 Å². The molecular weight excluding hydrogens is 570 g/mol. The van der Waals surface area contributed by atoms with Crippen molar-refractivity contribution in [1.82, 2.24) is 15.5 Å². The topological polar surface area (TPSA) is 114 Å². The van der Waals surface area contributed by atoms with Crippen LogP contribution in [0.25, 0.3) is 0 Å². The maximum absolute atomic E-state index is 14.5. The molecule has 1 aliphatic rings. The van der Waals surface area contributed by atoms with Crippen molar-refractivity contribution in [2.75, 3.05) is 0 Å². The first kappa shape index (κ1) is 35.6. The number of benzene rings is 2. The quantitative estimate of drug-likeness (QED) is 0.280. The lowest BCUT2D eigenvalue weighted by Gasteiger charge is -2.37. The number of ether oxygens (including phenoxy) is 2. The van der Waals surface area contributed by atoms with Crippen molar-refractivity contribution in [3.05, 3.63) is 71.3 Å². The van der Waals surface area contributed by atoms with E-state index in [1.807, 2.05) is 75.4 Å². The Morgan fingerprint density at radius 2 is 1.44 bits per heavy atom. The predicted molar refractivity (Wildman–Crippen MR) is 174 cm³/mol. The van der Waals surface area contributed by atoms with Gasteiger partial charge in [0.15, 0.2) is 0 Å². The summed E-state index contributed by atoms with van der Waals surface area (Å²) in [6.45, 7) is 16.4. The number of esters is 1. The molecule has 9 nitrogen and oxygen atoms in total. The maximum atomic E-state index is 14.5. The highest BCUT2D eigenvalue weighted by Gasteiger charge is 2.45. The van der Waals surface area contributed by atoms with E-state index in [9.17, 15) is 19.2 Å². The SMILES string of the molecule is CCC(C)C(NC(=O)OC(C)(C)C)C(=O)N(C1CC1)C(C(=O)NC(Cc1ccccc1)C(=O)OC(C)(C)C)c1ccc(C)cc1. The molecule has 0 bridgehead atoms. The van der Waals surface area contributed by atoms with Gasteiger partial charge in [-0.15, -0.1) is 0 Å². The van der Waals surface area contributed by atoms with E-state index in [0.717, 1.165) is 24.0 Å². The smallest absolute Gasteiger partial charge is 0.408 e. The Bertz CT molecular complexity index is 1310. The summed E-state index contributed by atoms with van der Waals surface area (Å²) < 4.78 is 11.2. The van der Waals surface area contributed by atoms with Crippen molar-refractivity contribution in [2.45, 2.75) is 123 Å². The van der Waals surface area contributed by atoms with Crippen LogP contribution in [0.3, 0.4) is 0 Å². The molecule has 4 unspecified atom stereocenters. The van der Waals surface area contributed by atoms with Crippen molar-refractivity contribution >= 4 is 23.9 Å². The zero-order valence-electron chi connectivity index (χ0n) is 28.3. The zero-order chi connectivity index (χ0) is 33.5. The molecule has 3 rings (SSSR count). The van der Waals surface area contributed by atoms with Gasteiger partial charge in [0, 0.05) is 12.5 Å². The van der Waals surface area contributed by atoms with E-state index < -0.39 is 47.3 Å². The van der Waals surface area contributed by atoms with Crippen LogP contribution in [0.2, 0.25) is 0 Å². The number of carbonyl (C=O) groups is 4. The minimum absolute atomic E-state index is 0.198. The molecule has 2 aromatic rings. The number of hydrogen-bond acceptors (Lipinski definition) is 6. The number of hydrogen-bond donors (Lipinski definition) is 2. The molecule has 4 atom stereocenters. The van der Waals surface area contributed by atoms with Crippen LogP contribution < -0.4 is 10.6 Å². The molecule has 1 saturated carbocycles. The Labute approximate surface area is 268 Å². The third-order valence-corrected chi connectivity index (χ3v) is 7.56. The van der Waals surface area contributed by atoms with Gasteiger partial charge in [0.1, 0.15) is 29.3 Å². The lowest BCUT2D eigenvalue weighted by Crippen LogP contribution is -2.57. The summed E-state index contributed by atoms with van der Waals surface area (Å²) in [5, 5.41) is 5.75. The molecule has 0 saturated heterocycles. The van der Waals surface area contributed by atoms with Gasteiger partial charge in [-0.1, -0.05) is 80.4 Å². The van der Waals surface area contributed by atoms with E-state index in [1.54, 1.807) is 46.4 Å². The average Bonchev–Trinajstić information content (AvgIpc) is 3.78. The molecule has 1 fully saturated rings. The Morgan fingerprint density at radius 1 is 0.867 bits per heavy atom. The van der Waals surface area contributed by atoms with Crippen LogP contribution in [0.1, 0.15) is 97.4 Å². The van der Waals surface area contributed by atoms with Gasteiger partial charge in [0.25, 0.3) is 0 Å². The lowest BCUT2D eigenvalue weighted by atomic mass is 9.95. The molecule has 3 amide bonds. The van der Waals surface area contributed by atoms with E-state index in [1.165, 1.54) is 0 Å². The van der Waals surface area contributed by atoms with Gasteiger partial charge in [0.2, 0.25) is 11.8 Å². The first-order valence-electron chi connectivity index (χ1n) is 15.9. The van der Waals surface area contributed by atoms with Crippen LogP contribution >= 0.6 is 0 Å². The number of aryl methyl sites for hydroxylation is 1. The Balaban J connectivity index is 2.03. The zero-order valence-corrected chi connectivity index (χ0v) is 28.3. The third-order valence-electron chi connectivity index (χ3n) is 7.56. The predicted octanol–water partition coefficient (Wildman–Crippen LogP) is 6.04. The Kier molecular flexibility index (Phi) is 11.8. The number of alkyl carbamates (subject to hydrolysis) is 1. The second kappa shape index (κ2) is 14.9. The van der Waals surface area contributed by atoms with Gasteiger partial charge in [-0.25, -0.2) is 9.59 Å². The summed E-state index contributed by atoms with van der Waals surface area (Å²) in [6.07, 6.45) is 1.58. The number of nitrogens with one attached hydrogen (secondary N) is 2. The van der Waals surface area contributed by atoms with Crippen molar-refractivity contribution in [3.8, 4) is 0 Å². The molecule has 9 heteroatoms. The number of rotatable bonds is 12. The summed E-state index contributed by atoms with van der Waals surface area (Å²) >= 11 is 0. The molecule has 1 aliphatic carbocycles. The van der Waals surface area contributed by atoms with Gasteiger partial charge in [-0.3, -0.25) is 9.59 Å². The minimum atomic E-state index is -1.04. The largest absolute Gasteiger partial charge is 0.458 e. The van der Waals surface area contributed by atoms with Crippen LogP contribution in [0.5, 0.6) is 0 Å². The molecule has 0 heterocycles. The molecule has 2 N–H and O–H groups in total.